The molecule has 1 aromatic carbocycles. The molecule has 1 spiro atoms. The van der Waals surface area contributed by atoms with Crippen LogP contribution >= 0.6 is 0 Å². The maximum absolute atomic E-state index is 15.1. The van der Waals surface area contributed by atoms with E-state index in [0.29, 0.717) is 43.4 Å². The lowest BCUT2D eigenvalue weighted by Crippen LogP contribution is -2.65. The van der Waals surface area contributed by atoms with Crippen LogP contribution < -0.4 is 10.1 Å². The highest BCUT2D eigenvalue weighted by Gasteiger charge is 2.56. The number of carbonyl (C=O) groups excluding carboxylic acids is 3. The number of likely N-dealkylation sites (tertiary alicyclic amines) is 1. The summed E-state index contributed by atoms with van der Waals surface area (Å²) in [6, 6.07) is 3.99. The minimum absolute atomic E-state index is 0.0142. The fourth-order valence-electron chi connectivity index (χ4n) is 6.45. The third kappa shape index (κ3) is 8.38. The molecule has 0 bridgehead atoms. The van der Waals surface area contributed by atoms with Crippen molar-refractivity contribution in [2.45, 2.75) is 121 Å². The Morgan fingerprint density at radius 3 is 2.37 bits per heavy atom. The van der Waals surface area contributed by atoms with Crippen molar-refractivity contribution >= 4 is 18.0 Å². The molecule has 11 heteroatoms. The Labute approximate surface area is 253 Å². The number of hydrogen-bond donors (Lipinski definition) is 1. The van der Waals surface area contributed by atoms with Gasteiger partial charge in [0, 0.05) is 11.6 Å². The molecule has 2 amide bonds. The van der Waals surface area contributed by atoms with Crippen LogP contribution in [0.1, 0.15) is 92.1 Å². The molecule has 3 atom stereocenters. The Balaban J connectivity index is 1.41. The Morgan fingerprint density at radius 1 is 1.07 bits per heavy atom. The van der Waals surface area contributed by atoms with Crippen molar-refractivity contribution in [3.05, 3.63) is 29.6 Å². The van der Waals surface area contributed by atoms with Crippen LogP contribution in [-0.2, 0) is 28.5 Å². The van der Waals surface area contributed by atoms with E-state index in [4.69, 9.17) is 23.7 Å². The largest absolute Gasteiger partial charge is 0.482 e. The van der Waals surface area contributed by atoms with Crippen LogP contribution in [0.15, 0.2) is 18.2 Å². The molecule has 2 heterocycles. The van der Waals surface area contributed by atoms with Crippen LogP contribution in [0.2, 0.25) is 0 Å². The summed E-state index contributed by atoms with van der Waals surface area (Å²) in [5, 5.41) is 3.10. The van der Waals surface area contributed by atoms with Gasteiger partial charge in [0.25, 0.3) is 0 Å². The van der Waals surface area contributed by atoms with E-state index in [9.17, 15) is 14.4 Å². The summed E-state index contributed by atoms with van der Waals surface area (Å²) in [6.07, 6.45) is 2.64. The van der Waals surface area contributed by atoms with Crippen LogP contribution in [0, 0.1) is 5.82 Å². The number of hydrogen-bond acceptors (Lipinski definition) is 8. The number of amides is 2. The molecule has 2 aliphatic heterocycles. The second kappa shape index (κ2) is 13.0. The van der Waals surface area contributed by atoms with E-state index in [0.717, 1.165) is 0 Å². The molecule has 1 aromatic rings. The molecule has 1 aliphatic carbocycles. The molecule has 1 N–H and O–H groups in total. The van der Waals surface area contributed by atoms with E-state index in [2.05, 4.69) is 5.32 Å². The second-order valence-electron chi connectivity index (χ2n) is 14.0. The zero-order valence-electron chi connectivity index (χ0n) is 26.5. The van der Waals surface area contributed by atoms with E-state index in [1.165, 1.54) is 6.07 Å². The average molecular weight is 607 g/mol. The maximum Gasteiger partial charge on any atom is 0.410 e. The number of carbonyl (C=O) groups is 3. The molecular formula is C32H47FN2O8. The number of ether oxygens (including phenoxy) is 5. The summed E-state index contributed by atoms with van der Waals surface area (Å²) in [7, 11) is 0. The Bertz CT molecular complexity index is 1170. The summed E-state index contributed by atoms with van der Waals surface area (Å²) in [5.74, 6) is -0.854. The Morgan fingerprint density at radius 2 is 1.74 bits per heavy atom. The maximum atomic E-state index is 15.1. The molecule has 2 saturated heterocycles. The number of halogens is 1. The monoisotopic (exact) mass is 606 g/mol. The van der Waals surface area contributed by atoms with Gasteiger partial charge in [0.1, 0.15) is 29.4 Å². The SMILES string of the molecule is CC1CC2(COCC(=O)N2)C(COC2CCC(c3c(F)cccc3OCC(=O)OC(C)(C)C)CC2)N1C(=O)OC(C)(C)C. The van der Waals surface area contributed by atoms with Crippen molar-refractivity contribution in [1.82, 2.24) is 10.2 Å². The highest BCUT2D eigenvalue weighted by molar-refractivity contribution is 5.79. The van der Waals surface area contributed by atoms with Crippen molar-refractivity contribution in [2.24, 2.45) is 0 Å². The zero-order valence-corrected chi connectivity index (χ0v) is 26.5. The smallest absolute Gasteiger partial charge is 0.410 e. The first kappa shape index (κ1) is 33.0. The van der Waals surface area contributed by atoms with Crippen LogP contribution in [-0.4, -0.2) is 84.2 Å². The third-order valence-corrected chi connectivity index (χ3v) is 8.04. The lowest BCUT2D eigenvalue weighted by atomic mass is 9.82. The van der Waals surface area contributed by atoms with Crippen LogP contribution in [0.4, 0.5) is 9.18 Å². The quantitative estimate of drug-likeness (QED) is 0.438. The molecule has 3 fully saturated rings. The van der Waals surface area contributed by atoms with Gasteiger partial charge in [-0.3, -0.25) is 9.69 Å². The summed E-state index contributed by atoms with van der Waals surface area (Å²) in [6.45, 7) is 12.9. The van der Waals surface area contributed by atoms with Gasteiger partial charge in [-0.05, 0) is 98.6 Å². The molecule has 4 rings (SSSR count). The van der Waals surface area contributed by atoms with Crippen molar-refractivity contribution in [3.8, 4) is 5.75 Å². The minimum atomic E-state index is -0.767. The molecule has 0 radical (unpaired) electrons. The highest BCUT2D eigenvalue weighted by Crippen LogP contribution is 2.41. The highest BCUT2D eigenvalue weighted by atomic mass is 19.1. The van der Waals surface area contributed by atoms with Gasteiger partial charge in [0.15, 0.2) is 6.61 Å². The third-order valence-electron chi connectivity index (χ3n) is 8.04. The lowest BCUT2D eigenvalue weighted by Gasteiger charge is -2.41. The van der Waals surface area contributed by atoms with Gasteiger partial charge in [0.05, 0.1) is 30.9 Å². The molecular weight excluding hydrogens is 559 g/mol. The van der Waals surface area contributed by atoms with Gasteiger partial charge in [0.2, 0.25) is 5.91 Å². The molecule has 43 heavy (non-hydrogen) atoms. The second-order valence-corrected chi connectivity index (χ2v) is 14.0. The Kier molecular flexibility index (Phi) is 9.95. The number of nitrogens with zero attached hydrogens (tertiary/aromatic N) is 1. The predicted molar refractivity (Wildman–Crippen MR) is 156 cm³/mol. The number of morpholine rings is 1. The van der Waals surface area contributed by atoms with Gasteiger partial charge in [-0.15, -0.1) is 0 Å². The van der Waals surface area contributed by atoms with Crippen molar-refractivity contribution in [1.29, 1.82) is 0 Å². The fourth-order valence-corrected chi connectivity index (χ4v) is 6.45. The Hall–Kier alpha value is -2.92. The minimum Gasteiger partial charge on any atom is -0.482 e. The first-order valence-electron chi connectivity index (χ1n) is 15.2. The molecule has 3 unspecified atom stereocenters. The standard InChI is InChI=1S/C32H47FN2O8/c1-20-15-32(19-39-17-26(36)34-32)25(35(20)29(38)43-31(5,6)7)16-40-22-13-11-21(12-14-22)28-23(33)9-8-10-24(28)41-18-27(37)42-30(2,3)4/h8-10,20-22,25H,11-19H2,1-7H3,(H,34,36). The summed E-state index contributed by atoms with van der Waals surface area (Å²) < 4.78 is 43.9. The number of benzene rings is 1. The summed E-state index contributed by atoms with van der Waals surface area (Å²) in [4.78, 5) is 39.5. The van der Waals surface area contributed by atoms with Gasteiger partial charge in [-0.25, -0.2) is 14.0 Å². The van der Waals surface area contributed by atoms with Gasteiger partial charge in [-0.1, -0.05) is 6.07 Å². The van der Waals surface area contributed by atoms with Gasteiger partial charge in [-0.2, -0.15) is 0 Å². The first-order chi connectivity index (χ1) is 20.1. The lowest BCUT2D eigenvalue weighted by molar-refractivity contribution is -0.157. The predicted octanol–water partition coefficient (Wildman–Crippen LogP) is 4.87. The van der Waals surface area contributed by atoms with E-state index < -0.39 is 34.8 Å². The molecule has 240 valence electrons. The number of rotatable bonds is 7. The molecule has 0 aromatic heterocycles. The normalized spacial score (nSPS) is 28.0. The van der Waals surface area contributed by atoms with E-state index >= 15 is 4.39 Å². The molecule has 1 saturated carbocycles. The molecule has 10 nitrogen and oxygen atoms in total. The fraction of sp³-hybridized carbons (Fsp3) is 0.719. The van der Waals surface area contributed by atoms with Crippen molar-refractivity contribution < 1.29 is 42.5 Å². The van der Waals surface area contributed by atoms with Crippen LogP contribution in [0.25, 0.3) is 0 Å². The van der Waals surface area contributed by atoms with Crippen molar-refractivity contribution in [2.75, 3.05) is 26.4 Å². The summed E-state index contributed by atoms with van der Waals surface area (Å²) in [5.41, 5.74) is -1.62. The summed E-state index contributed by atoms with van der Waals surface area (Å²) >= 11 is 0. The topological polar surface area (TPSA) is 113 Å². The van der Waals surface area contributed by atoms with E-state index in [-0.39, 0.29) is 56.2 Å². The zero-order chi connectivity index (χ0) is 31.6. The van der Waals surface area contributed by atoms with Gasteiger partial charge >= 0.3 is 12.1 Å². The van der Waals surface area contributed by atoms with Crippen LogP contribution in [0.5, 0.6) is 5.75 Å². The van der Waals surface area contributed by atoms with Crippen LogP contribution in [0.3, 0.4) is 0 Å². The average Bonchev–Trinajstić information content (AvgIpc) is 3.14. The van der Waals surface area contributed by atoms with Crippen molar-refractivity contribution in [3.63, 3.8) is 0 Å². The number of nitrogens with one attached hydrogen (secondary N) is 1. The molecule has 3 aliphatic rings. The number of esters is 1. The van der Waals surface area contributed by atoms with E-state index in [1.54, 1.807) is 37.8 Å². The van der Waals surface area contributed by atoms with E-state index in [1.807, 2.05) is 27.7 Å². The van der Waals surface area contributed by atoms with Gasteiger partial charge < -0.3 is 29.0 Å². The first-order valence-corrected chi connectivity index (χ1v) is 15.2.